The van der Waals surface area contributed by atoms with Gasteiger partial charge >= 0.3 is 5.97 Å². The molecule has 1 unspecified atom stereocenters. The van der Waals surface area contributed by atoms with Gasteiger partial charge < -0.3 is 9.84 Å². The first-order valence-corrected chi connectivity index (χ1v) is 4.56. The predicted molar refractivity (Wildman–Crippen MR) is 49.5 cm³/mol. The molecule has 0 saturated heterocycles. The number of ether oxygens (including phenoxy) is 1. The number of hydrogen-bond donors (Lipinski definition) is 1. The zero-order chi connectivity index (χ0) is 9.90. The Labute approximate surface area is 78.4 Å². The van der Waals surface area contributed by atoms with Gasteiger partial charge in [-0.3, -0.25) is 4.79 Å². The number of hydrogen-bond acceptors (Lipinski definition) is 2. The monoisotopic (exact) mass is 184 g/mol. The minimum atomic E-state index is -0.753. The zero-order valence-electron chi connectivity index (χ0n) is 7.95. The van der Waals surface area contributed by atoms with Gasteiger partial charge in [0.2, 0.25) is 0 Å². The molecule has 1 fully saturated rings. The molecule has 0 aliphatic heterocycles. The molecule has 0 radical (unpaired) electrons. The van der Waals surface area contributed by atoms with Crippen molar-refractivity contribution < 1.29 is 14.6 Å². The molecular formula is C10H16O3. The standard InChI is InChI=1S/C10H16O3/c1-3-8(13-2)10(9(11)12)6-4-5-7-10/h3,8H,1,4-7H2,2H3,(H,11,12). The van der Waals surface area contributed by atoms with Crippen LogP contribution in [0.3, 0.4) is 0 Å². The zero-order valence-corrected chi connectivity index (χ0v) is 7.95. The molecule has 0 aromatic carbocycles. The average molecular weight is 184 g/mol. The quantitative estimate of drug-likeness (QED) is 0.678. The van der Waals surface area contributed by atoms with Crippen molar-refractivity contribution >= 4 is 5.97 Å². The van der Waals surface area contributed by atoms with E-state index in [4.69, 9.17) is 9.84 Å². The third-order valence-corrected chi connectivity index (χ3v) is 2.93. The molecule has 0 amide bonds. The third kappa shape index (κ3) is 1.61. The molecule has 0 bridgehead atoms. The van der Waals surface area contributed by atoms with Gasteiger partial charge in [-0.2, -0.15) is 0 Å². The highest BCUT2D eigenvalue weighted by atomic mass is 16.5. The van der Waals surface area contributed by atoms with Gasteiger partial charge in [-0.05, 0) is 12.8 Å². The Bertz CT molecular complexity index is 204. The van der Waals surface area contributed by atoms with Crippen LogP contribution in [0.4, 0.5) is 0 Å². The molecule has 13 heavy (non-hydrogen) atoms. The molecule has 0 heterocycles. The highest BCUT2D eigenvalue weighted by molar-refractivity contribution is 5.76. The summed E-state index contributed by atoms with van der Waals surface area (Å²) in [6, 6.07) is 0. The predicted octanol–water partition coefficient (Wildman–Crippen LogP) is 1.83. The van der Waals surface area contributed by atoms with E-state index in [1.54, 1.807) is 6.08 Å². The molecule has 3 heteroatoms. The lowest BCUT2D eigenvalue weighted by Gasteiger charge is -2.30. The van der Waals surface area contributed by atoms with Crippen molar-refractivity contribution in [3.63, 3.8) is 0 Å². The Morgan fingerprint density at radius 1 is 1.62 bits per heavy atom. The van der Waals surface area contributed by atoms with Gasteiger partial charge in [0.25, 0.3) is 0 Å². The van der Waals surface area contributed by atoms with E-state index in [-0.39, 0.29) is 6.10 Å². The molecule has 0 spiro atoms. The summed E-state index contributed by atoms with van der Waals surface area (Å²) in [6.45, 7) is 3.62. The maximum absolute atomic E-state index is 11.2. The second-order valence-electron chi connectivity index (χ2n) is 3.56. The van der Waals surface area contributed by atoms with Gasteiger partial charge in [0.05, 0.1) is 11.5 Å². The third-order valence-electron chi connectivity index (χ3n) is 2.93. The van der Waals surface area contributed by atoms with Gasteiger partial charge in [0, 0.05) is 7.11 Å². The molecule has 0 aromatic rings. The van der Waals surface area contributed by atoms with E-state index in [2.05, 4.69) is 6.58 Å². The van der Waals surface area contributed by atoms with Crippen LogP contribution in [0, 0.1) is 5.41 Å². The highest BCUT2D eigenvalue weighted by Gasteiger charge is 2.47. The number of carboxylic acids is 1. The van der Waals surface area contributed by atoms with E-state index in [1.807, 2.05) is 0 Å². The van der Waals surface area contributed by atoms with Crippen LogP contribution in [-0.4, -0.2) is 24.3 Å². The van der Waals surface area contributed by atoms with Crippen molar-refractivity contribution in [1.82, 2.24) is 0 Å². The average Bonchev–Trinajstić information content (AvgIpc) is 2.56. The Morgan fingerprint density at radius 3 is 2.46 bits per heavy atom. The van der Waals surface area contributed by atoms with Crippen LogP contribution >= 0.6 is 0 Å². The second kappa shape index (κ2) is 3.92. The maximum Gasteiger partial charge on any atom is 0.312 e. The Kier molecular flexibility index (Phi) is 3.09. The summed E-state index contributed by atoms with van der Waals surface area (Å²) in [4.78, 5) is 11.2. The fraction of sp³-hybridized carbons (Fsp3) is 0.700. The van der Waals surface area contributed by atoms with Crippen LogP contribution in [0.2, 0.25) is 0 Å². The molecular weight excluding hydrogens is 168 g/mol. The molecule has 0 aromatic heterocycles. The van der Waals surface area contributed by atoms with E-state index in [0.29, 0.717) is 12.8 Å². The van der Waals surface area contributed by atoms with Gasteiger partial charge in [-0.15, -0.1) is 6.58 Å². The van der Waals surface area contributed by atoms with Crippen LogP contribution in [0.1, 0.15) is 25.7 Å². The maximum atomic E-state index is 11.2. The van der Waals surface area contributed by atoms with Gasteiger partial charge in [0.15, 0.2) is 0 Å². The molecule has 1 saturated carbocycles. The summed E-state index contributed by atoms with van der Waals surface area (Å²) in [5.74, 6) is -0.753. The first-order valence-electron chi connectivity index (χ1n) is 4.56. The number of methoxy groups -OCH3 is 1. The van der Waals surface area contributed by atoms with Gasteiger partial charge in [-0.1, -0.05) is 18.9 Å². The SMILES string of the molecule is C=CC(OC)C1(C(=O)O)CCCC1. The summed E-state index contributed by atoms with van der Waals surface area (Å²) in [6.07, 6.45) is 4.59. The molecule has 1 aliphatic carbocycles. The van der Waals surface area contributed by atoms with Crippen molar-refractivity contribution in [1.29, 1.82) is 0 Å². The number of carbonyl (C=O) groups is 1. The summed E-state index contributed by atoms with van der Waals surface area (Å²) >= 11 is 0. The first-order chi connectivity index (χ1) is 6.17. The van der Waals surface area contributed by atoms with Crippen LogP contribution in [0.25, 0.3) is 0 Å². The molecule has 3 nitrogen and oxygen atoms in total. The van der Waals surface area contributed by atoms with Crippen molar-refractivity contribution in [2.24, 2.45) is 5.41 Å². The van der Waals surface area contributed by atoms with Crippen molar-refractivity contribution in [2.45, 2.75) is 31.8 Å². The molecule has 74 valence electrons. The van der Waals surface area contributed by atoms with Crippen molar-refractivity contribution in [3.8, 4) is 0 Å². The van der Waals surface area contributed by atoms with Crippen LogP contribution in [-0.2, 0) is 9.53 Å². The van der Waals surface area contributed by atoms with E-state index < -0.39 is 11.4 Å². The summed E-state index contributed by atoms with van der Waals surface area (Å²) in [5.41, 5.74) is -0.712. The first kappa shape index (κ1) is 10.3. The van der Waals surface area contributed by atoms with Crippen LogP contribution < -0.4 is 0 Å². The van der Waals surface area contributed by atoms with Gasteiger partial charge in [-0.25, -0.2) is 0 Å². The minimum absolute atomic E-state index is 0.354. The lowest BCUT2D eigenvalue weighted by Crippen LogP contribution is -2.40. The largest absolute Gasteiger partial charge is 0.481 e. The number of carboxylic acid groups (broad SMARTS) is 1. The number of rotatable bonds is 4. The summed E-state index contributed by atoms with van der Waals surface area (Å²) in [5, 5.41) is 9.17. The second-order valence-corrected chi connectivity index (χ2v) is 3.56. The van der Waals surface area contributed by atoms with Crippen LogP contribution in [0.5, 0.6) is 0 Å². The molecule has 1 N–H and O–H groups in total. The van der Waals surface area contributed by atoms with Crippen LogP contribution in [0.15, 0.2) is 12.7 Å². The molecule has 1 atom stereocenters. The minimum Gasteiger partial charge on any atom is -0.481 e. The lowest BCUT2D eigenvalue weighted by atomic mass is 9.80. The highest BCUT2D eigenvalue weighted by Crippen LogP contribution is 2.42. The fourth-order valence-corrected chi connectivity index (χ4v) is 2.17. The smallest absolute Gasteiger partial charge is 0.312 e. The Hall–Kier alpha value is -0.830. The normalized spacial score (nSPS) is 22.5. The summed E-state index contributed by atoms with van der Waals surface area (Å²) < 4.78 is 5.15. The topological polar surface area (TPSA) is 46.5 Å². The van der Waals surface area contributed by atoms with E-state index >= 15 is 0 Å². The van der Waals surface area contributed by atoms with Crippen molar-refractivity contribution in [3.05, 3.63) is 12.7 Å². The molecule has 1 aliphatic rings. The van der Waals surface area contributed by atoms with E-state index in [0.717, 1.165) is 12.8 Å². The Balaban J connectivity index is 2.88. The van der Waals surface area contributed by atoms with Gasteiger partial charge in [0.1, 0.15) is 0 Å². The van der Waals surface area contributed by atoms with E-state index in [1.165, 1.54) is 7.11 Å². The Morgan fingerprint density at radius 2 is 2.15 bits per heavy atom. The number of aliphatic carboxylic acids is 1. The summed E-state index contributed by atoms with van der Waals surface area (Å²) in [7, 11) is 1.54. The van der Waals surface area contributed by atoms with E-state index in [9.17, 15) is 4.79 Å². The van der Waals surface area contributed by atoms with Crippen molar-refractivity contribution in [2.75, 3.05) is 7.11 Å². The fourth-order valence-electron chi connectivity index (χ4n) is 2.17. The lowest BCUT2D eigenvalue weighted by molar-refractivity contribution is -0.155. The molecule has 1 rings (SSSR count).